The van der Waals surface area contributed by atoms with Crippen LogP contribution in [0, 0.1) is 9.65 Å². The summed E-state index contributed by atoms with van der Waals surface area (Å²) in [5.41, 5.74) is 0.737. The number of aromatic nitrogens is 2. The molecule has 0 aliphatic heterocycles. The highest BCUT2D eigenvalue weighted by Gasteiger charge is 2.04. The Bertz CT molecular complexity index is 475. The summed E-state index contributed by atoms with van der Waals surface area (Å²) in [6, 6.07) is 2.81. The smallest absolute Gasteiger partial charge is 0.191 e. The van der Waals surface area contributed by atoms with Crippen LogP contribution in [0.4, 0.5) is 4.39 Å². The lowest BCUT2D eigenvalue weighted by atomic mass is 10.2. The predicted octanol–water partition coefficient (Wildman–Crippen LogP) is 3.14. The van der Waals surface area contributed by atoms with Gasteiger partial charge in [-0.3, -0.25) is 0 Å². The summed E-state index contributed by atoms with van der Waals surface area (Å²) < 4.78 is 14.2. The summed E-state index contributed by atoms with van der Waals surface area (Å²) in [6.45, 7) is 0. The molecule has 5 heteroatoms. The van der Waals surface area contributed by atoms with Gasteiger partial charge in [-0.15, -0.1) is 0 Å². The lowest BCUT2D eigenvalue weighted by Crippen LogP contribution is -1.89. The van der Waals surface area contributed by atoms with Gasteiger partial charge >= 0.3 is 0 Å². The zero-order chi connectivity index (χ0) is 9.42. The molecule has 0 saturated heterocycles. The lowest BCUT2D eigenvalue weighted by Gasteiger charge is -1.99. The Hall–Kier alpha value is -0.300. The minimum Gasteiger partial charge on any atom is -0.231 e. The van der Waals surface area contributed by atoms with E-state index in [1.807, 2.05) is 22.6 Å². The first-order valence-electron chi connectivity index (χ1n) is 3.44. The van der Waals surface area contributed by atoms with Crippen LogP contribution in [0.25, 0.3) is 10.9 Å². The fourth-order valence-corrected chi connectivity index (χ4v) is 1.96. The summed E-state index contributed by atoms with van der Waals surface area (Å²) in [7, 11) is 0. The summed E-state index contributed by atoms with van der Waals surface area (Å²) in [6.07, 6.45) is 1.61. The Morgan fingerprint density at radius 2 is 2.15 bits per heavy atom. The van der Waals surface area contributed by atoms with Crippen molar-refractivity contribution < 1.29 is 4.39 Å². The van der Waals surface area contributed by atoms with Gasteiger partial charge in [0.1, 0.15) is 5.82 Å². The molecule has 1 aromatic carbocycles. The van der Waals surface area contributed by atoms with Crippen LogP contribution in [0.1, 0.15) is 0 Å². The molecule has 2 aromatic rings. The van der Waals surface area contributed by atoms with Crippen molar-refractivity contribution in [2.24, 2.45) is 0 Å². The first-order chi connectivity index (χ1) is 6.16. The molecule has 2 nitrogen and oxygen atoms in total. The summed E-state index contributed by atoms with van der Waals surface area (Å²) in [5.74, 6) is -0.288. The second kappa shape index (κ2) is 3.45. The summed E-state index contributed by atoms with van der Waals surface area (Å²) in [5, 5.41) is 0.701. The third-order valence-electron chi connectivity index (χ3n) is 1.57. The highest BCUT2D eigenvalue weighted by atomic mass is 127. The molecule has 13 heavy (non-hydrogen) atoms. The Kier molecular flexibility index (Phi) is 2.46. The van der Waals surface area contributed by atoms with Gasteiger partial charge in [-0.1, -0.05) is 0 Å². The fourth-order valence-electron chi connectivity index (χ4n) is 1.05. The molecule has 0 fully saturated rings. The van der Waals surface area contributed by atoms with Crippen molar-refractivity contribution in [1.29, 1.82) is 0 Å². The number of nitrogens with zero attached hydrogens (tertiary/aromatic N) is 2. The maximum atomic E-state index is 12.9. The molecule has 66 valence electrons. The topological polar surface area (TPSA) is 25.8 Å². The van der Waals surface area contributed by atoms with E-state index in [-0.39, 0.29) is 5.82 Å². The standard InChI is InChI=1S/C8H3BrFIN2/c9-6-2-5(10)1-4-3-12-8(11)13-7(4)6/h1-3H. The second-order valence-corrected chi connectivity index (χ2v) is 4.28. The van der Waals surface area contributed by atoms with Crippen molar-refractivity contribution in [3.63, 3.8) is 0 Å². The maximum absolute atomic E-state index is 12.9. The van der Waals surface area contributed by atoms with Crippen molar-refractivity contribution in [2.45, 2.75) is 0 Å². The van der Waals surface area contributed by atoms with Crippen LogP contribution >= 0.6 is 38.5 Å². The molecule has 0 spiro atoms. The molecular weight excluding hydrogens is 350 g/mol. The molecule has 0 atom stereocenters. The molecule has 0 saturated carbocycles. The molecule has 2 rings (SSSR count). The van der Waals surface area contributed by atoms with E-state index in [0.717, 1.165) is 5.52 Å². The molecule has 0 aliphatic carbocycles. The van der Waals surface area contributed by atoms with Gasteiger partial charge in [0.2, 0.25) is 0 Å². The predicted molar refractivity (Wildman–Crippen MR) is 59.9 cm³/mol. The van der Waals surface area contributed by atoms with Crippen LogP contribution in [-0.2, 0) is 0 Å². The molecule has 0 amide bonds. The highest BCUT2D eigenvalue weighted by Crippen LogP contribution is 2.23. The van der Waals surface area contributed by atoms with E-state index in [1.54, 1.807) is 6.20 Å². The third-order valence-corrected chi connectivity index (χ3v) is 2.70. The molecule has 0 aliphatic rings. The van der Waals surface area contributed by atoms with Gasteiger partial charge < -0.3 is 0 Å². The van der Waals surface area contributed by atoms with Crippen LogP contribution in [0.5, 0.6) is 0 Å². The van der Waals surface area contributed by atoms with E-state index in [4.69, 9.17) is 0 Å². The van der Waals surface area contributed by atoms with Gasteiger partial charge in [0.05, 0.1) is 5.52 Å². The van der Waals surface area contributed by atoms with Crippen molar-refractivity contribution in [3.8, 4) is 0 Å². The van der Waals surface area contributed by atoms with E-state index in [2.05, 4.69) is 25.9 Å². The minimum absolute atomic E-state index is 0.288. The summed E-state index contributed by atoms with van der Waals surface area (Å²) in [4.78, 5) is 8.16. The van der Waals surface area contributed by atoms with Crippen LogP contribution in [0.2, 0.25) is 0 Å². The number of hydrogen-bond acceptors (Lipinski definition) is 2. The molecule has 1 heterocycles. The SMILES string of the molecule is Fc1cc(Br)c2nc(I)ncc2c1. The zero-order valence-corrected chi connectivity index (χ0v) is 10.0. The van der Waals surface area contributed by atoms with E-state index in [9.17, 15) is 4.39 Å². The van der Waals surface area contributed by atoms with Crippen molar-refractivity contribution in [2.75, 3.05) is 0 Å². The lowest BCUT2D eigenvalue weighted by molar-refractivity contribution is 0.628. The van der Waals surface area contributed by atoms with Gasteiger partial charge in [-0.05, 0) is 28.1 Å². The highest BCUT2D eigenvalue weighted by molar-refractivity contribution is 14.1. The van der Waals surface area contributed by atoms with Gasteiger partial charge in [-0.25, -0.2) is 14.4 Å². The van der Waals surface area contributed by atoms with E-state index in [0.29, 0.717) is 13.7 Å². The molecule has 1 aromatic heterocycles. The van der Waals surface area contributed by atoms with Crippen LogP contribution in [0.15, 0.2) is 22.8 Å². The van der Waals surface area contributed by atoms with Gasteiger partial charge in [0.25, 0.3) is 0 Å². The number of fused-ring (bicyclic) bond motifs is 1. The van der Waals surface area contributed by atoms with Gasteiger partial charge in [-0.2, -0.15) is 0 Å². The van der Waals surface area contributed by atoms with Crippen LogP contribution in [-0.4, -0.2) is 9.97 Å². The quantitative estimate of drug-likeness (QED) is 0.537. The Balaban J connectivity index is 2.87. The maximum Gasteiger partial charge on any atom is 0.191 e. The zero-order valence-electron chi connectivity index (χ0n) is 6.26. The van der Waals surface area contributed by atoms with Crippen LogP contribution in [0.3, 0.4) is 0 Å². The molecule has 0 radical (unpaired) electrons. The number of benzene rings is 1. The van der Waals surface area contributed by atoms with Gasteiger partial charge in [0.15, 0.2) is 3.83 Å². The van der Waals surface area contributed by atoms with Gasteiger partial charge in [0, 0.05) is 38.6 Å². The van der Waals surface area contributed by atoms with Crippen molar-refractivity contribution >= 4 is 49.4 Å². The first kappa shape index (κ1) is 9.26. The Morgan fingerprint density at radius 3 is 2.92 bits per heavy atom. The van der Waals surface area contributed by atoms with Crippen LogP contribution < -0.4 is 0 Å². The average Bonchev–Trinajstić information content (AvgIpc) is 2.06. The number of hydrogen-bond donors (Lipinski definition) is 0. The Morgan fingerprint density at radius 1 is 1.38 bits per heavy atom. The average molecular weight is 353 g/mol. The largest absolute Gasteiger partial charge is 0.231 e. The first-order valence-corrected chi connectivity index (χ1v) is 5.31. The summed E-state index contributed by atoms with van der Waals surface area (Å²) >= 11 is 5.26. The Labute approximate surface area is 95.8 Å². The van der Waals surface area contributed by atoms with E-state index < -0.39 is 0 Å². The normalized spacial score (nSPS) is 10.7. The molecule has 0 N–H and O–H groups in total. The molecule has 0 bridgehead atoms. The van der Waals surface area contributed by atoms with E-state index >= 15 is 0 Å². The minimum atomic E-state index is -0.288. The second-order valence-electron chi connectivity index (χ2n) is 2.46. The number of halogens is 3. The fraction of sp³-hybridized carbons (Fsp3) is 0. The van der Waals surface area contributed by atoms with Crippen molar-refractivity contribution in [1.82, 2.24) is 9.97 Å². The number of rotatable bonds is 0. The molecular formula is C8H3BrFIN2. The van der Waals surface area contributed by atoms with Crippen molar-refractivity contribution in [3.05, 3.63) is 32.5 Å². The molecule has 0 unspecified atom stereocenters. The monoisotopic (exact) mass is 352 g/mol. The third kappa shape index (κ3) is 1.80. The van der Waals surface area contributed by atoms with E-state index in [1.165, 1.54) is 12.1 Å².